The Kier molecular flexibility index (Phi) is 6.48. The molecule has 0 saturated carbocycles. The van der Waals surface area contributed by atoms with Gasteiger partial charge in [-0.3, -0.25) is 4.98 Å². The fourth-order valence-electron chi connectivity index (χ4n) is 4.05. The van der Waals surface area contributed by atoms with E-state index in [1.807, 2.05) is 80.6 Å². The average molecular weight is 464 g/mol. The summed E-state index contributed by atoms with van der Waals surface area (Å²) in [6.07, 6.45) is 0. The summed E-state index contributed by atoms with van der Waals surface area (Å²) in [5.74, 6) is 1.88. The van der Waals surface area contributed by atoms with E-state index in [2.05, 4.69) is 43.8 Å². The first-order chi connectivity index (χ1) is 17.2. The third-order valence-corrected chi connectivity index (χ3v) is 5.67. The summed E-state index contributed by atoms with van der Waals surface area (Å²) in [5, 5.41) is 14.6. The van der Waals surface area contributed by atoms with E-state index in [1.165, 1.54) is 0 Å². The first-order valence-electron chi connectivity index (χ1n) is 11.4. The second kappa shape index (κ2) is 10.2. The van der Waals surface area contributed by atoms with Gasteiger partial charge in [0, 0.05) is 17.3 Å². The predicted octanol–water partition coefficient (Wildman–Crippen LogP) is 5.70. The molecule has 0 aliphatic carbocycles. The Morgan fingerprint density at radius 2 is 1.46 bits per heavy atom. The van der Waals surface area contributed by atoms with Gasteiger partial charge in [0.2, 0.25) is 5.82 Å². The lowest BCUT2D eigenvalue weighted by Crippen LogP contribution is -2.05. The number of aromatic amines is 1. The molecule has 0 bridgehead atoms. The molecule has 5 rings (SSSR count). The Morgan fingerprint density at radius 3 is 2.23 bits per heavy atom. The molecule has 7 nitrogen and oxygen atoms in total. The highest BCUT2D eigenvalue weighted by atomic mass is 16.5. The number of pyridine rings is 1. The minimum atomic E-state index is 0.362. The number of tetrazole rings is 1. The smallest absolute Gasteiger partial charge is 0.205 e. The van der Waals surface area contributed by atoms with Crippen molar-refractivity contribution in [3.05, 3.63) is 107 Å². The lowest BCUT2D eigenvalue weighted by molar-refractivity contribution is 0.253. The maximum absolute atomic E-state index is 6.35. The number of rotatable bonds is 8. The van der Waals surface area contributed by atoms with Crippen LogP contribution in [-0.2, 0) is 13.2 Å². The number of nitrogens with zero attached hydrogens (tertiary/aromatic N) is 4. The molecule has 0 fully saturated rings. The van der Waals surface area contributed by atoms with E-state index in [9.17, 15) is 0 Å². The van der Waals surface area contributed by atoms with Crippen molar-refractivity contribution in [1.82, 2.24) is 25.6 Å². The molecule has 0 spiro atoms. The minimum absolute atomic E-state index is 0.362. The summed E-state index contributed by atoms with van der Waals surface area (Å²) < 4.78 is 12.5. The number of ether oxygens (including phenoxy) is 2. The summed E-state index contributed by atoms with van der Waals surface area (Å²) in [6.45, 7) is 4.70. The molecular weight excluding hydrogens is 438 g/mol. The van der Waals surface area contributed by atoms with Gasteiger partial charge in [0.05, 0.1) is 5.69 Å². The van der Waals surface area contributed by atoms with E-state index in [1.54, 1.807) is 0 Å². The molecule has 2 aromatic heterocycles. The zero-order valence-electron chi connectivity index (χ0n) is 19.6. The molecule has 35 heavy (non-hydrogen) atoms. The van der Waals surface area contributed by atoms with Crippen LogP contribution in [0.5, 0.6) is 11.5 Å². The summed E-state index contributed by atoms with van der Waals surface area (Å²) in [4.78, 5) is 4.58. The van der Waals surface area contributed by atoms with Crippen molar-refractivity contribution in [3.63, 3.8) is 0 Å². The highest BCUT2D eigenvalue weighted by molar-refractivity contribution is 5.82. The van der Waals surface area contributed by atoms with Gasteiger partial charge in [-0.25, -0.2) is 0 Å². The zero-order valence-corrected chi connectivity index (χ0v) is 19.6. The van der Waals surface area contributed by atoms with Gasteiger partial charge in [0.1, 0.15) is 13.2 Å². The molecule has 0 aliphatic heterocycles. The van der Waals surface area contributed by atoms with E-state index in [0.717, 1.165) is 39.2 Å². The molecule has 0 atom stereocenters. The van der Waals surface area contributed by atoms with Gasteiger partial charge >= 0.3 is 0 Å². The number of nitrogens with one attached hydrogen (secondary N) is 1. The Hall–Kier alpha value is -4.52. The Morgan fingerprint density at radius 1 is 0.743 bits per heavy atom. The van der Waals surface area contributed by atoms with E-state index in [4.69, 9.17) is 9.47 Å². The topological polar surface area (TPSA) is 85.8 Å². The van der Waals surface area contributed by atoms with E-state index in [0.29, 0.717) is 30.5 Å². The van der Waals surface area contributed by atoms with Crippen LogP contribution in [0.4, 0.5) is 0 Å². The van der Waals surface area contributed by atoms with Crippen LogP contribution in [0, 0.1) is 13.8 Å². The van der Waals surface area contributed by atoms with Crippen molar-refractivity contribution in [2.24, 2.45) is 0 Å². The molecule has 0 aliphatic rings. The van der Waals surface area contributed by atoms with Crippen molar-refractivity contribution < 1.29 is 9.47 Å². The van der Waals surface area contributed by atoms with Crippen molar-refractivity contribution in [2.45, 2.75) is 27.1 Å². The third-order valence-electron chi connectivity index (χ3n) is 5.67. The maximum atomic E-state index is 6.35. The van der Waals surface area contributed by atoms with Crippen molar-refractivity contribution in [1.29, 1.82) is 0 Å². The van der Waals surface area contributed by atoms with Crippen LogP contribution in [0.3, 0.4) is 0 Å². The molecule has 174 valence electrons. The average Bonchev–Trinajstić information content (AvgIpc) is 3.43. The number of hydrogen-bond acceptors (Lipinski definition) is 6. The number of aryl methyl sites for hydroxylation is 2. The van der Waals surface area contributed by atoms with Crippen LogP contribution < -0.4 is 9.47 Å². The van der Waals surface area contributed by atoms with Gasteiger partial charge in [-0.05, 0) is 41.3 Å². The van der Waals surface area contributed by atoms with Gasteiger partial charge in [0.15, 0.2) is 11.5 Å². The first-order valence-corrected chi connectivity index (χ1v) is 11.4. The molecule has 5 aromatic rings. The van der Waals surface area contributed by atoms with Crippen LogP contribution in [0.25, 0.3) is 22.5 Å². The molecule has 7 heteroatoms. The van der Waals surface area contributed by atoms with E-state index < -0.39 is 0 Å². The Labute approximate surface area is 203 Å². The van der Waals surface area contributed by atoms with Gasteiger partial charge in [-0.2, -0.15) is 5.21 Å². The summed E-state index contributed by atoms with van der Waals surface area (Å²) in [5.41, 5.74) is 6.74. The Bertz CT molecular complexity index is 1420. The lowest BCUT2D eigenvalue weighted by atomic mass is 9.95. The Balaban J connectivity index is 1.43. The SMILES string of the molecule is Cc1cc(OCc2ccccc2-c2ccccc2-c2nn[nH]n2)c(OCc2ccccc2)c(C)n1. The number of benzene rings is 3. The van der Waals surface area contributed by atoms with E-state index >= 15 is 0 Å². The van der Waals surface area contributed by atoms with Gasteiger partial charge in [-0.15, -0.1) is 10.2 Å². The first kappa shape index (κ1) is 22.3. The fourth-order valence-corrected chi connectivity index (χ4v) is 4.05. The third kappa shape index (κ3) is 5.04. The quantitative estimate of drug-likeness (QED) is 0.318. The largest absolute Gasteiger partial charge is 0.485 e. The fraction of sp³-hybridized carbons (Fsp3) is 0.143. The molecule has 3 aromatic carbocycles. The molecule has 1 N–H and O–H groups in total. The second-order valence-corrected chi connectivity index (χ2v) is 8.18. The maximum Gasteiger partial charge on any atom is 0.205 e. The van der Waals surface area contributed by atoms with Crippen molar-refractivity contribution in [3.8, 4) is 34.0 Å². The molecule has 0 radical (unpaired) electrons. The zero-order chi connectivity index (χ0) is 24.0. The molecule has 0 unspecified atom stereocenters. The summed E-state index contributed by atoms with van der Waals surface area (Å²) in [6, 6.07) is 28.2. The van der Waals surface area contributed by atoms with Crippen LogP contribution in [0.1, 0.15) is 22.5 Å². The highest BCUT2D eigenvalue weighted by Gasteiger charge is 2.16. The van der Waals surface area contributed by atoms with Gasteiger partial charge in [0.25, 0.3) is 0 Å². The van der Waals surface area contributed by atoms with Crippen LogP contribution in [-0.4, -0.2) is 25.6 Å². The molecule has 0 amide bonds. The molecular formula is C28H25N5O2. The van der Waals surface area contributed by atoms with Crippen molar-refractivity contribution in [2.75, 3.05) is 0 Å². The van der Waals surface area contributed by atoms with Crippen LogP contribution in [0.15, 0.2) is 84.9 Å². The van der Waals surface area contributed by atoms with E-state index in [-0.39, 0.29) is 0 Å². The predicted molar refractivity (Wildman–Crippen MR) is 134 cm³/mol. The van der Waals surface area contributed by atoms with Crippen LogP contribution >= 0.6 is 0 Å². The standard InChI is InChI=1S/C28H25N5O2/c1-19-16-26(27(20(2)29-19)35-17-21-10-4-3-5-11-21)34-18-22-12-6-7-13-23(22)24-14-8-9-15-25(24)28-30-32-33-31-28/h3-16H,17-18H2,1-2H3,(H,30,31,32,33). The number of hydrogen-bond donors (Lipinski definition) is 1. The lowest BCUT2D eigenvalue weighted by Gasteiger charge is -2.17. The number of H-pyrrole nitrogens is 1. The van der Waals surface area contributed by atoms with Crippen LogP contribution in [0.2, 0.25) is 0 Å². The second-order valence-electron chi connectivity index (χ2n) is 8.18. The number of aromatic nitrogens is 5. The van der Waals surface area contributed by atoms with Gasteiger partial charge in [-0.1, -0.05) is 78.9 Å². The summed E-state index contributed by atoms with van der Waals surface area (Å²) in [7, 11) is 0. The molecule has 0 saturated heterocycles. The monoisotopic (exact) mass is 463 g/mol. The minimum Gasteiger partial charge on any atom is -0.485 e. The normalized spacial score (nSPS) is 10.8. The highest BCUT2D eigenvalue weighted by Crippen LogP contribution is 2.35. The van der Waals surface area contributed by atoms with Gasteiger partial charge < -0.3 is 9.47 Å². The molecule has 2 heterocycles. The summed E-state index contributed by atoms with van der Waals surface area (Å²) >= 11 is 0. The van der Waals surface area contributed by atoms with Crippen molar-refractivity contribution >= 4 is 0 Å².